The highest BCUT2D eigenvalue weighted by Crippen LogP contribution is 2.45. The molecule has 1 aromatic heterocycles. The smallest absolute Gasteiger partial charge is 0.416 e. The average Bonchev–Trinajstić information content (AvgIpc) is 3.40. The van der Waals surface area contributed by atoms with E-state index < -0.39 is 17.6 Å². The number of halogens is 3. The van der Waals surface area contributed by atoms with E-state index in [0.29, 0.717) is 29.4 Å². The Kier molecular flexibility index (Phi) is 6.77. The molecule has 224 valence electrons. The third-order valence-corrected chi connectivity index (χ3v) is 8.53. The highest BCUT2D eigenvalue weighted by molar-refractivity contribution is 6.07. The first-order valence-corrected chi connectivity index (χ1v) is 13.9. The van der Waals surface area contributed by atoms with Crippen molar-refractivity contribution < 1.29 is 32.1 Å². The second-order valence-electron chi connectivity index (χ2n) is 11.8. The number of hydrogen-bond donors (Lipinski definition) is 2. The van der Waals surface area contributed by atoms with E-state index in [9.17, 15) is 22.8 Å². The van der Waals surface area contributed by atoms with Gasteiger partial charge in [-0.3, -0.25) is 14.6 Å². The van der Waals surface area contributed by atoms with Gasteiger partial charge in [0, 0.05) is 35.7 Å². The lowest BCUT2D eigenvalue weighted by Gasteiger charge is -2.35. The van der Waals surface area contributed by atoms with Crippen LogP contribution in [0.3, 0.4) is 0 Å². The van der Waals surface area contributed by atoms with Crippen LogP contribution in [0.4, 0.5) is 19.0 Å². The number of aliphatic imine (C=N–C) groups is 2. The van der Waals surface area contributed by atoms with Crippen LogP contribution < -0.4 is 15.9 Å². The summed E-state index contributed by atoms with van der Waals surface area (Å²) in [6.07, 6.45) is 3.93. The number of hydrogen-bond acceptors (Lipinski definition) is 7. The van der Waals surface area contributed by atoms with Gasteiger partial charge in [-0.25, -0.2) is 4.98 Å². The van der Waals surface area contributed by atoms with Gasteiger partial charge in [-0.1, -0.05) is 13.8 Å². The molecular weight excluding hydrogens is 563 g/mol. The van der Waals surface area contributed by atoms with Crippen molar-refractivity contribution in [2.45, 2.75) is 45.3 Å². The molecule has 0 spiro atoms. The number of carbonyl (C=O) groups is 2. The van der Waals surface area contributed by atoms with Crippen LogP contribution in [-0.4, -0.2) is 58.0 Å². The molecule has 6 rings (SSSR count). The summed E-state index contributed by atoms with van der Waals surface area (Å²) in [5.74, 6) is 6.89. The molecule has 1 unspecified atom stereocenters. The number of piperidine rings is 1. The zero-order chi connectivity index (χ0) is 30.7. The fraction of sp³-hybridized carbons (Fsp3) is 0.367. The number of nitrogens with zero attached hydrogens (tertiary/aromatic N) is 5. The average molecular weight is 595 g/mol. The molecular formula is C30H31F3N7O3+. The number of fused-ring (bicyclic) bond motifs is 2. The molecule has 4 aliphatic rings. The summed E-state index contributed by atoms with van der Waals surface area (Å²) in [6.45, 7) is 4.52. The monoisotopic (exact) mass is 594 g/mol. The lowest BCUT2D eigenvalue weighted by Crippen LogP contribution is -2.53. The Bertz CT molecular complexity index is 1650. The molecule has 43 heavy (non-hydrogen) atoms. The predicted octanol–water partition coefficient (Wildman–Crippen LogP) is 4.62. The Labute approximate surface area is 246 Å². The van der Waals surface area contributed by atoms with Crippen LogP contribution in [-0.2, 0) is 11.0 Å². The molecule has 3 atom stereocenters. The third kappa shape index (κ3) is 4.91. The number of pyridine rings is 1. The van der Waals surface area contributed by atoms with E-state index in [4.69, 9.17) is 15.6 Å². The second-order valence-corrected chi connectivity index (χ2v) is 11.8. The Balaban J connectivity index is 1.30. The van der Waals surface area contributed by atoms with Gasteiger partial charge in [-0.05, 0) is 49.6 Å². The number of quaternary nitrogens is 1. The van der Waals surface area contributed by atoms with Gasteiger partial charge in [0.15, 0.2) is 0 Å². The number of methoxy groups -OCH3 is 1. The number of carbonyl (C=O) groups excluding carboxylic acids is 2. The number of nitrogens with one attached hydrogen (secondary N) is 1. The summed E-state index contributed by atoms with van der Waals surface area (Å²) >= 11 is 0. The number of anilines is 1. The van der Waals surface area contributed by atoms with Crippen molar-refractivity contribution in [2.75, 3.05) is 19.0 Å². The molecule has 2 fully saturated rings. The van der Waals surface area contributed by atoms with Crippen LogP contribution in [0.15, 0.2) is 70.3 Å². The number of amides is 2. The molecule has 2 amide bonds. The van der Waals surface area contributed by atoms with Crippen LogP contribution in [0.25, 0.3) is 0 Å². The summed E-state index contributed by atoms with van der Waals surface area (Å²) in [6, 6.07) is 6.45. The Morgan fingerprint density at radius 3 is 2.74 bits per heavy atom. The van der Waals surface area contributed by atoms with Gasteiger partial charge in [-0.2, -0.15) is 24.0 Å². The van der Waals surface area contributed by atoms with Gasteiger partial charge < -0.3 is 15.0 Å². The van der Waals surface area contributed by atoms with E-state index in [1.54, 1.807) is 24.7 Å². The summed E-state index contributed by atoms with van der Waals surface area (Å²) in [4.78, 5) is 41.2. The minimum Gasteiger partial charge on any atom is -0.496 e. The number of benzene rings is 1. The number of ether oxygens (including phenoxy) is 1. The van der Waals surface area contributed by atoms with Crippen LogP contribution in [0.2, 0.25) is 0 Å². The summed E-state index contributed by atoms with van der Waals surface area (Å²) in [5.41, 5.74) is 0.790. The predicted molar refractivity (Wildman–Crippen MR) is 152 cm³/mol. The Morgan fingerprint density at radius 1 is 1.21 bits per heavy atom. The largest absolute Gasteiger partial charge is 0.496 e. The van der Waals surface area contributed by atoms with Gasteiger partial charge in [0.2, 0.25) is 11.6 Å². The van der Waals surface area contributed by atoms with Gasteiger partial charge >= 0.3 is 6.18 Å². The van der Waals surface area contributed by atoms with Crippen molar-refractivity contribution in [3.8, 4) is 5.75 Å². The van der Waals surface area contributed by atoms with Crippen LogP contribution in [0, 0.1) is 11.3 Å². The van der Waals surface area contributed by atoms with Gasteiger partial charge in [0.25, 0.3) is 11.7 Å². The number of amidine groups is 1. The molecule has 2 aromatic rings. The fourth-order valence-corrected chi connectivity index (χ4v) is 6.34. The minimum atomic E-state index is -4.57. The number of allylic oxidation sites excluding steroid dienone is 1. The van der Waals surface area contributed by atoms with Crippen molar-refractivity contribution in [1.82, 2.24) is 9.88 Å². The fourth-order valence-electron chi connectivity index (χ4n) is 6.34. The SMILES string of the molecule is COc1cc(C(=O)Nc2cc(C(F)(F)F)ccn2)ccc1C1=NC([C@H]2CC[C@@H]3CC(C)(C)C(=O)N3C2)=C2C=NC=C[N+]12N. The normalized spacial score (nSPS) is 25.9. The van der Waals surface area contributed by atoms with Gasteiger partial charge in [0.1, 0.15) is 29.0 Å². The molecule has 0 radical (unpaired) electrons. The quantitative estimate of drug-likeness (QED) is 0.387. The van der Waals surface area contributed by atoms with Crippen molar-refractivity contribution >= 4 is 29.7 Å². The Morgan fingerprint density at radius 2 is 2.00 bits per heavy atom. The van der Waals surface area contributed by atoms with E-state index in [1.807, 2.05) is 18.7 Å². The summed E-state index contributed by atoms with van der Waals surface area (Å²) in [5, 5.41) is 2.41. The van der Waals surface area contributed by atoms with Crippen molar-refractivity contribution in [3.63, 3.8) is 0 Å². The van der Waals surface area contributed by atoms with Gasteiger partial charge in [-0.15, -0.1) is 4.59 Å². The molecule has 10 nitrogen and oxygen atoms in total. The number of aromatic nitrogens is 1. The first-order valence-electron chi connectivity index (χ1n) is 13.9. The first kappa shape index (κ1) is 28.7. The van der Waals surface area contributed by atoms with Crippen LogP contribution >= 0.6 is 0 Å². The molecule has 0 bridgehead atoms. The van der Waals surface area contributed by atoms with E-state index in [-0.39, 0.29) is 39.3 Å². The molecule has 1 aromatic carbocycles. The van der Waals surface area contributed by atoms with E-state index in [1.165, 1.54) is 19.2 Å². The maximum absolute atomic E-state index is 13.1. The number of alkyl halides is 3. The topological polar surface area (TPSA) is 122 Å². The number of rotatable bonds is 5. The number of nitrogens with two attached hydrogens (primary N) is 1. The van der Waals surface area contributed by atoms with Crippen molar-refractivity contribution in [1.29, 1.82) is 0 Å². The lowest BCUT2D eigenvalue weighted by atomic mass is 9.86. The maximum Gasteiger partial charge on any atom is 0.416 e. The van der Waals surface area contributed by atoms with Crippen molar-refractivity contribution in [3.05, 3.63) is 77.0 Å². The highest BCUT2D eigenvalue weighted by Gasteiger charge is 2.51. The van der Waals surface area contributed by atoms with E-state index in [2.05, 4.69) is 15.3 Å². The lowest BCUT2D eigenvalue weighted by molar-refractivity contribution is -0.750. The van der Waals surface area contributed by atoms with Gasteiger partial charge in [0.05, 0.1) is 25.1 Å². The minimum absolute atomic E-state index is 0.0448. The summed E-state index contributed by atoms with van der Waals surface area (Å²) < 4.78 is 44.7. The third-order valence-electron chi connectivity index (χ3n) is 8.53. The maximum atomic E-state index is 13.1. The molecule has 0 aliphatic carbocycles. The Hall–Kier alpha value is -4.36. The molecule has 13 heteroatoms. The molecule has 4 aliphatic heterocycles. The highest BCUT2D eigenvalue weighted by atomic mass is 19.4. The molecule has 3 N–H and O–H groups in total. The zero-order valence-corrected chi connectivity index (χ0v) is 23.9. The zero-order valence-electron chi connectivity index (χ0n) is 23.9. The first-order chi connectivity index (χ1) is 20.3. The summed E-state index contributed by atoms with van der Waals surface area (Å²) in [7, 11) is 1.44. The standard InChI is InChI=1S/C30H30F3N7O3/c1-29(2)14-20-6-4-18(16-39(20)28(29)42)25-22-15-35-10-11-40(22,34)26(38-25)21-7-5-17(12-23(21)43-3)27(41)37-24-13-19(8-9-36-24)30(31,32)33/h5,7-13,15,18,20H,4,6,14,16,34H2,1-3H3/p+1/t18-,20+,40?/m0/s1. The molecule has 0 saturated carbocycles. The molecule has 2 saturated heterocycles. The van der Waals surface area contributed by atoms with Crippen molar-refractivity contribution in [2.24, 2.45) is 27.2 Å². The van der Waals surface area contributed by atoms with Crippen LogP contribution in [0.1, 0.15) is 54.6 Å². The van der Waals surface area contributed by atoms with E-state index >= 15 is 0 Å². The second kappa shape index (κ2) is 10.1. The van der Waals surface area contributed by atoms with E-state index in [0.717, 1.165) is 43.3 Å². The van der Waals surface area contributed by atoms with Crippen LogP contribution in [0.5, 0.6) is 5.75 Å². The molecule has 5 heterocycles.